The maximum absolute atomic E-state index is 13.1. The van der Waals surface area contributed by atoms with Crippen LogP contribution in [0.4, 0.5) is 0 Å². The topological polar surface area (TPSA) is 51.1 Å². The van der Waals surface area contributed by atoms with Crippen LogP contribution in [0.1, 0.15) is 68.1 Å². The van der Waals surface area contributed by atoms with Gasteiger partial charge in [0.1, 0.15) is 6.54 Å². The third-order valence-corrected chi connectivity index (χ3v) is 6.06. The van der Waals surface area contributed by atoms with Crippen molar-refractivity contribution in [2.24, 2.45) is 5.92 Å². The van der Waals surface area contributed by atoms with E-state index in [-0.39, 0.29) is 24.2 Å². The molecule has 4 nitrogen and oxygen atoms in total. The molecule has 2 aliphatic rings. The Hall–Kier alpha value is -2.10. The number of hydrogen-bond acceptors (Lipinski definition) is 2. The van der Waals surface area contributed by atoms with E-state index >= 15 is 0 Å². The van der Waals surface area contributed by atoms with Gasteiger partial charge in [0.25, 0.3) is 0 Å². The minimum Gasteiger partial charge on any atom is -0.352 e. The molecule has 2 aromatic rings. The fourth-order valence-corrected chi connectivity index (χ4v) is 4.66. The zero-order valence-corrected chi connectivity index (χ0v) is 15.4. The lowest BCUT2D eigenvalue weighted by molar-refractivity contribution is -0.122. The van der Waals surface area contributed by atoms with Gasteiger partial charge >= 0.3 is 0 Å². The van der Waals surface area contributed by atoms with Gasteiger partial charge in [-0.15, -0.1) is 0 Å². The maximum atomic E-state index is 13.1. The number of nitrogens with one attached hydrogen (secondary N) is 1. The quantitative estimate of drug-likeness (QED) is 0.808. The van der Waals surface area contributed by atoms with Crippen LogP contribution in [0.2, 0.25) is 0 Å². The molecular formula is C22H28N2O2. The monoisotopic (exact) mass is 352 g/mol. The first kappa shape index (κ1) is 17.3. The third-order valence-electron chi connectivity index (χ3n) is 6.06. The number of amides is 1. The summed E-state index contributed by atoms with van der Waals surface area (Å²) in [4.78, 5) is 25.6. The Labute approximate surface area is 155 Å². The minimum atomic E-state index is 0.0503. The maximum Gasteiger partial charge on any atom is 0.240 e. The molecule has 26 heavy (non-hydrogen) atoms. The Bertz CT molecular complexity index is 796. The van der Waals surface area contributed by atoms with Gasteiger partial charge in [0.2, 0.25) is 5.91 Å². The normalized spacial score (nSPS) is 19.1. The Balaban J connectivity index is 1.57. The highest BCUT2D eigenvalue weighted by Gasteiger charge is 2.26. The number of para-hydroxylation sites is 1. The first-order valence-corrected chi connectivity index (χ1v) is 10.1. The van der Waals surface area contributed by atoms with Gasteiger partial charge in [0.05, 0.1) is 0 Å². The first-order valence-electron chi connectivity index (χ1n) is 10.1. The van der Waals surface area contributed by atoms with Gasteiger partial charge in [-0.2, -0.15) is 0 Å². The van der Waals surface area contributed by atoms with Crippen molar-refractivity contribution in [3.8, 4) is 0 Å². The molecule has 1 amide bonds. The number of Topliss-reactive ketones (excluding diaryl/α,β-unsaturated/α-hetero) is 1. The van der Waals surface area contributed by atoms with Crippen LogP contribution in [-0.2, 0) is 11.3 Å². The van der Waals surface area contributed by atoms with Crippen molar-refractivity contribution in [3.63, 3.8) is 0 Å². The van der Waals surface area contributed by atoms with E-state index in [9.17, 15) is 9.59 Å². The van der Waals surface area contributed by atoms with Crippen molar-refractivity contribution in [3.05, 3.63) is 36.0 Å². The number of carbonyl (C=O) groups excluding carboxylic acids is 2. The summed E-state index contributed by atoms with van der Waals surface area (Å²) in [7, 11) is 0. The number of aromatic nitrogens is 1. The predicted octanol–water partition coefficient (Wildman–Crippen LogP) is 4.46. The highest BCUT2D eigenvalue weighted by atomic mass is 16.2. The average molecular weight is 352 g/mol. The van der Waals surface area contributed by atoms with Gasteiger partial charge in [0, 0.05) is 34.6 Å². The van der Waals surface area contributed by atoms with E-state index < -0.39 is 0 Å². The average Bonchev–Trinajstić information content (AvgIpc) is 3.30. The first-order chi connectivity index (χ1) is 12.7. The molecule has 138 valence electrons. The molecule has 2 saturated carbocycles. The molecule has 1 aromatic carbocycles. The van der Waals surface area contributed by atoms with Crippen LogP contribution in [0.15, 0.2) is 30.5 Å². The van der Waals surface area contributed by atoms with E-state index in [1.165, 1.54) is 19.3 Å². The lowest BCUT2D eigenvalue weighted by Crippen LogP contribution is -2.35. The molecule has 1 heterocycles. The molecule has 4 heteroatoms. The predicted molar refractivity (Wildman–Crippen MR) is 103 cm³/mol. The molecule has 0 saturated heterocycles. The lowest BCUT2D eigenvalue weighted by Gasteiger charge is -2.19. The zero-order chi connectivity index (χ0) is 17.9. The smallest absolute Gasteiger partial charge is 0.240 e. The molecule has 1 N–H and O–H groups in total. The van der Waals surface area contributed by atoms with Crippen molar-refractivity contribution in [2.45, 2.75) is 70.4 Å². The van der Waals surface area contributed by atoms with Gasteiger partial charge in [-0.3, -0.25) is 9.59 Å². The summed E-state index contributed by atoms with van der Waals surface area (Å²) in [5.41, 5.74) is 1.77. The molecular weight excluding hydrogens is 324 g/mol. The van der Waals surface area contributed by atoms with E-state index in [1.54, 1.807) is 0 Å². The summed E-state index contributed by atoms with van der Waals surface area (Å²) in [6.07, 6.45) is 12.0. The lowest BCUT2D eigenvalue weighted by atomic mass is 9.84. The van der Waals surface area contributed by atoms with E-state index in [0.29, 0.717) is 6.04 Å². The molecule has 0 radical (unpaired) electrons. The molecule has 2 fully saturated rings. The van der Waals surface area contributed by atoms with Crippen molar-refractivity contribution < 1.29 is 9.59 Å². The van der Waals surface area contributed by atoms with Crippen molar-refractivity contribution in [1.82, 2.24) is 9.88 Å². The van der Waals surface area contributed by atoms with Crippen molar-refractivity contribution in [2.75, 3.05) is 0 Å². The third kappa shape index (κ3) is 3.55. The Kier molecular flexibility index (Phi) is 5.09. The summed E-state index contributed by atoms with van der Waals surface area (Å²) < 4.78 is 1.95. The number of ketones is 1. The minimum absolute atomic E-state index is 0.0503. The van der Waals surface area contributed by atoms with Crippen molar-refractivity contribution >= 4 is 22.6 Å². The summed E-state index contributed by atoms with van der Waals surface area (Å²) in [5.74, 6) is 0.459. The second-order valence-electron chi connectivity index (χ2n) is 7.94. The second kappa shape index (κ2) is 7.65. The number of carbonyl (C=O) groups is 2. The van der Waals surface area contributed by atoms with E-state index in [2.05, 4.69) is 5.32 Å². The summed E-state index contributed by atoms with van der Waals surface area (Å²) >= 11 is 0. The molecule has 0 unspecified atom stereocenters. The zero-order valence-electron chi connectivity index (χ0n) is 15.4. The highest BCUT2D eigenvalue weighted by Crippen LogP contribution is 2.30. The summed E-state index contributed by atoms with van der Waals surface area (Å²) in [5, 5.41) is 4.13. The van der Waals surface area contributed by atoms with Crippen LogP contribution in [0.3, 0.4) is 0 Å². The van der Waals surface area contributed by atoms with Crippen LogP contribution in [0.5, 0.6) is 0 Å². The summed E-state index contributed by atoms with van der Waals surface area (Å²) in [6.45, 7) is 0.287. The number of nitrogens with zero attached hydrogens (tertiary/aromatic N) is 1. The van der Waals surface area contributed by atoms with Crippen LogP contribution < -0.4 is 5.32 Å². The number of rotatable bonds is 5. The number of fused-ring (bicyclic) bond motifs is 1. The Morgan fingerprint density at radius 1 is 0.962 bits per heavy atom. The SMILES string of the molecule is O=C(Cn1cc(C(=O)C2CCCCC2)c2ccccc21)NC1CCCC1. The fraction of sp³-hybridized carbons (Fsp3) is 0.545. The molecule has 2 aliphatic carbocycles. The molecule has 0 spiro atoms. The molecule has 0 atom stereocenters. The molecule has 1 aromatic heterocycles. The number of benzene rings is 1. The van der Waals surface area contributed by atoms with Gasteiger partial charge in [-0.1, -0.05) is 50.3 Å². The van der Waals surface area contributed by atoms with Crippen LogP contribution in [-0.4, -0.2) is 22.3 Å². The molecule has 4 rings (SSSR count). The Morgan fingerprint density at radius 3 is 2.42 bits per heavy atom. The molecule has 0 aliphatic heterocycles. The standard InChI is InChI=1S/C22H28N2O2/c25-21(23-17-10-4-5-11-17)15-24-14-19(18-12-6-7-13-20(18)24)22(26)16-8-2-1-3-9-16/h6-7,12-14,16-17H,1-5,8-11,15H2,(H,23,25). The van der Waals surface area contributed by atoms with Crippen LogP contribution in [0, 0.1) is 5.92 Å². The highest BCUT2D eigenvalue weighted by molar-refractivity contribution is 6.09. The Morgan fingerprint density at radius 2 is 1.65 bits per heavy atom. The van der Waals surface area contributed by atoms with Gasteiger partial charge in [-0.05, 0) is 31.7 Å². The van der Waals surface area contributed by atoms with Crippen molar-refractivity contribution in [1.29, 1.82) is 0 Å². The van der Waals surface area contributed by atoms with Gasteiger partial charge in [0.15, 0.2) is 5.78 Å². The van der Waals surface area contributed by atoms with Crippen LogP contribution in [0.25, 0.3) is 10.9 Å². The van der Waals surface area contributed by atoms with E-state index in [0.717, 1.165) is 55.0 Å². The largest absolute Gasteiger partial charge is 0.352 e. The second-order valence-corrected chi connectivity index (χ2v) is 7.94. The molecule has 0 bridgehead atoms. The summed E-state index contributed by atoms with van der Waals surface area (Å²) in [6, 6.07) is 8.30. The van der Waals surface area contributed by atoms with E-state index in [4.69, 9.17) is 0 Å². The van der Waals surface area contributed by atoms with E-state index in [1.807, 2.05) is 35.0 Å². The van der Waals surface area contributed by atoms with Crippen LogP contribution >= 0.6 is 0 Å². The van der Waals surface area contributed by atoms with Gasteiger partial charge < -0.3 is 9.88 Å². The fourth-order valence-electron chi connectivity index (χ4n) is 4.66. The number of hydrogen-bond donors (Lipinski definition) is 1. The van der Waals surface area contributed by atoms with Gasteiger partial charge in [-0.25, -0.2) is 0 Å².